The van der Waals surface area contributed by atoms with Crippen molar-refractivity contribution in [1.82, 2.24) is 0 Å². The normalized spacial score (nSPS) is 12.1. The number of anilines is 1. The molecule has 0 aromatic heterocycles. The molecule has 0 aliphatic carbocycles. The zero-order valence-corrected chi connectivity index (χ0v) is 11.0. The van der Waals surface area contributed by atoms with Gasteiger partial charge in [0.15, 0.2) is 0 Å². The van der Waals surface area contributed by atoms with Crippen LogP contribution in [0.25, 0.3) is 0 Å². The molecule has 0 heterocycles. The Morgan fingerprint density at radius 1 is 1.30 bits per heavy atom. The zero-order valence-electron chi connectivity index (χ0n) is 10.2. The Hall–Kier alpha value is -1.81. The second-order valence-electron chi connectivity index (χ2n) is 3.74. The third-order valence-electron chi connectivity index (χ3n) is 2.08. The molecule has 0 saturated carbocycles. The Labute approximate surface area is 112 Å². The molecule has 112 valence electrons. The molecular weight excluding hydrogens is 301 g/mol. The van der Waals surface area contributed by atoms with Gasteiger partial charge in [0.25, 0.3) is 10.0 Å². The Bertz CT molecular complexity index is 584. The Kier molecular flexibility index (Phi) is 4.61. The van der Waals surface area contributed by atoms with Crippen LogP contribution < -0.4 is 10.2 Å². The van der Waals surface area contributed by atoms with E-state index in [1.807, 2.05) is 0 Å². The van der Waals surface area contributed by atoms with Gasteiger partial charge in [0.05, 0.1) is 11.9 Å². The van der Waals surface area contributed by atoms with Gasteiger partial charge in [-0.15, -0.1) is 0 Å². The van der Waals surface area contributed by atoms with Crippen molar-refractivity contribution >= 4 is 21.7 Å². The first-order valence-corrected chi connectivity index (χ1v) is 6.99. The van der Waals surface area contributed by atoms with Gasteiger partial charge < -0.3 is 10.6 Å². The van der Waals surface area contributed by atoms with Crippen molar-refractivity contribution in [3.8, 4) is 0 Å². The van der Waals surface area contributed by atoms with E-state index in [4.69, 9.17) is 5.73 Å². The number of benzene rings is 1. The van der Waals surface area contributed by atoms with Crippen molar-refractivity contribution in [1.29, 1.82) is 0 Å². The molecule has 0 bridgehead atoms. The second-order valence-corrected chi connectivity index (χ2v) is 5.53. The van der Waals surface area contributed by atoms with E-state index in [0.717, 1.165) is 0 Å². The number of nitrogens with zero attached hydrogens (tertiary/aromatic N) is 1. The summed E-state index contributed by atoms with van der Waals surface area (Å²) in [4.78, 5) is 14.6. The van der Waals surface area contributed by atoms with E-state index in [-0.39, 0.29) is 16.7 Å². The number of alkyl halides is 3. The largest absolute Gasteiger partial charge is 0.493 e. The van der Waals surface area contributed by atoms with Gasteiger partial charge in [-0.25, -0.2) is 13.2 Å². The minimum absolute atomic E-state index is 0.0941. The molecule has 6 nitrogen and oxygen atoms in total. The third kappa shape index (κ3) is 4.10. The highest BCUT2D eigenvalue weighted by molar-refractivity contribution is 7.91. The van der Waals surface area contributed by atoms with Crippen LogP contribution in [0.15, 0.2) is 24.3 Å². The lowest BCUT2D eigenvalue weighted by molar-refractivity contribution is -0.199. The van der Waals surface area contributed by atoms with Crippen LogP contribution in [-0.2, 0) is 26.2 Å². The van der Waals surface area contributed by atoms with Gasteiger partial charge in [0.2, 0.25) is 0 Å². The Morgan fingerprint density at radius 3 is 2.15 bits per heavy atom. The van der Waals surface area contributed by atoms with Gasteiger partial charge in [-0.05, 0) is 17.7 Å². The van der Waals surface area contributed by atoms with Crippen molar-refractivity contribution in [3.05, 3.63) is 29.8 Å². The molecule has 10 heteroatoms. The summed E-state index contributed by atoms with van der Waals surface area (Å²) in [5, 5.41) is 0. The molecule has 2 N–H and O–H groups in total. The van der Waals surface area contributed by atoms with E-state index in [2.05, 4.69) is 4.84 Å². The van der Waals surface area contributed by atoms with E-state index in [0.29, 0.717) is 11.8 Å². The first kappa shape index (κ1) is 16.2. The molecule has 1 aromatic carbocycles. The van der Waals surface area contributed by atoms with E-state index in [1.54, 1.807) is 0 Å². The molecule has 1 aromatic rings. The summed E-state index contributed by atoms with van der Waals surface area (Å²) in [6.45, 7) is 0.168. The molecule has 0 saturated heterocycles. The second kappa shape index (κ2) is 5.67. The van der Waals surface area contributed by atoms with Crippen molar-refractivity contribution in [3.63, 3.8) is 0 Å². The maximum Gasteiger partial charge on any atom is 0.493 e. The van der Waals surface area contributed by atoms with Gasteiger partial charge in [0.1, 0.15) is 0 Å². The monoisotopic (exact) mass is 312 g/mol. The van der Waals surface area contributed by atoms with Gasteiger partial charge >= 0.3 is 12.1 Å². The van der Waals surface area contributed by atoms with E-state index >= 15 is 0 Å². The average Bonchev–Trinajstić information content (AvgIpc) is 2.33. The molecule has 20 heavy (non-hydrogen) atoms. The highest BCUT2D eigenvalue weighted by Gasteiger charge is 2.44. The van der Waals surface area contributed by atoms with Gasteiger partial charge in [0, 0.05) is 6.54 Å². The molecular formula is C10H11F3N2O4S. The van der Waals surface area contributed by atoms with Crippen LogP contribution >= 0.6 is 0 Å². The summed E-state index contributed by atoms with van der Waals surface area (Å²) in [6, 6.07) is 5.14. The van der Waals surface area contributed by atoms with Crippen molar-refractivity contribution in [2.45, 2.75) is 12.7 Å². The number of nitrogens with two attached hydrogens (primary N) is 1. The van der Waals surface area contributed by atoms with Crippen LogP contribution in [0.3, 0.4) is 0 Å². The lowest BCUT2D eigenvalue weighted by Crippen LogP contribution is -2.38. The minimum Gasteiger partial charge on any atom is -0.326 e. The van der Waals surface area contributed by atoms with Crippen LogP contribution in [-0.4, -0.2) is 26.8 Å². The molecule has 0 radical (unpaired) electrons. The maximum absolute atomic E-state index is 12.1. The predicted molar refractivity (Wildman–Crippen MR) is 63.8 cm³/mol. The number of sulfonamides is 1. The van der Waals surface area contributed by atoms with E-state index < -0.39 is 22.2 Å². The summed E-state index contributed by atoms with van der Waals surface area (Å²) in [5.74, 6) is -2.63. The van der Waals surface area contributed by atoms with E-state index in [1.165, 1.54) is 24.3 Å². The van der Waals surface area contributed by atoms with Crippen LogP contribution in [0.4, 0.5) is 18.9 Å². The SMILES string of the molecule is CS(=O)(=O)N(OC(=O)C(F)(F)F)c1ccc(CN)cc1. The molecule has 0 atom stereocenters. The van der Waals surface area contributed by atoms with Gasteiger partial charge in [-0.2, -0.15) is 13.2 Å². The lowest BCUT2D eigenvalue weighted by atomic mass is 10.2. The fourth-order valence-electron chi connectivity index (χ4n) is 1.19. The number of halogens is 3. The number of hydrogen-bond donors (Lipinski definition) is 1. The summed E-state index contributed by atoms with van der Waals surface area (Å²) in [5.41, 5.74) is 5.71. The average molecular weight is 312 g/mol. The molecule has 0 fully saturated rings. The predicted octanol–water partition coefficient (Wildman–Crippen LogP) is 0.932. The summed E-state index contributed by atoms with van der Waals surface area (Å²) < 4.78 is 59.1. The number of rotatable bonds is 4. The third-order valence-corrected chi connectivity index (χ3v) is 2.97. The molecule has 0 spiro atoms. The standard InChI is InChI=1S/C10H11F3N2O4S/c1-20(17,18)15(19-9(16)10(11,12)13)8-4-2-7(6-14)3-5-8/h2-5H,6,14H2,1H3. The summed E-state index contributed by atoms with van der Waals surface area (Å²) in [7, 11) is -4.23. The van der Waals surface area contributed by atoms with Crippen molar-refractivity contribution in [2.75, 3.05) is 10.7 Å². The first-order valence-electron chi connectivity index (χ1n) is 5.14. The van der Waals surface area contributed by atoms with Crippen molar-refractivity contribution < 1.29 is 31.2 Å². The topological polar surface area (TPSA) is 89.7 Å². The molecule has 0 aliphatic heterocycles. The number of carbonyl (C=O) groups excluding carboxylic acids is 1. The van der Waals surface area contributed by atoms with Crippen LogP contribution in [0, 0.1) is 0 Å². The smallest absolute Gasteiger partial charge is 0.326 e. The lowest BCUT2D eigenvalue weighted by Gasteiger charge is -2.21. The number of carbonyl (C=O) groups is 1. The minimum atomic E-state index is -5.31. The molecule has 0 amide bonds. The highest BCUT2D eigenvalue weighted by atomic mass is 32.2. The molecule has 0 aliphatic rings. The van der Waals surface area contributed by atoms with Gasteiger partial charge in [-0.3, -0.25) is 0 Å². The van der Waals surface area contributed by atoms with Crippen LogP contribution in [0.1, 0.15) is 5.56 Å². The Morgan fingerprint density at radius 2 is 1.80 bits per heavy atom. The van der Waals surface area contributed by atoms with Crippen LogP contribution in [0.2, 0.25) is 0 Å². The summed E-state index contributed by atoms with van der Waals surface area (Å²) in [6.07, 6.45) is -4.70. The maximum atomic E-state index is 12.1. The first-order chi connectivity index (χ1) is 9.05. The van der Waals surface area contributed by atoms with E-state index in [9.17, 15) is 26.4 Å². The van der Waals surface area contributed by atoms with Crippen molar-refractivity contribution in [2.24, 2.45) is 5.73 Å². The van der Waals surface area contributed by atoms with Crippen LogP contribution in [0.5, 0.6) is 0 Å². The zero-order chi connectivity index (χ0) is 15.6. The molecule has 1 rings (SSSR count). The quantitative estimate of drug-likeness (QED) is 0.835. The highest BCUT2D eigenvalue weighted by Crippen LogP contribution is 2.23. The fourth-order valence-corrected chi connectivity index (χ4v) is 1.90. The van der Waals surface area contributed by atoms with Gasteiger partial charge in [-0.1, -0.05) is 16.6 Å². The summed E-state index contributed by atoms with van der Waals surface area (Å²) >= 11 is 0. The Balaban J connectivity index is 3.11. The fraction of sp³-hybridized carbons (Fsp3) is 0.300. The molecule has 0 unspecified atom stereocenters. The number of hydrogen-bond acceptors (Lipinski definition) is 5.